The van der Waals surface area contributed by atoms with Crippen LogP contribution in [0.3, 0.4) is 0 Å². The van der Waals surface area contributed by atoms with Crippen molar-refractivity contribution in [3.63, 3.8) is 0 Å². The molecule has 1 rings (SSSR count). The van der Waals surface area contributed by atoms with Crippen LogP contribution < -0.4 is 0 Å². The van der Waals surface area contributed by atoms with Gasteiger partial charge in [-0.2, -0.15) is 0 Å². The molecule has 0 radical (unpaired) electrons. The fraction of sp³-hybridized carbons (Fsp3) is 0.923. The van der Waals surface area contributed by atoms with Crippen LogP contribution in [0.4, 0.5) is 0 Å². The molecule has 1 heterocycles. The summed E-state index contributed by atoms with van der Waals surface area (Å²) >= 11 is 0. The van der Waals surface area contributed by atoms with E-state index in [4.69, 9.17) is 0 Å². The number of carbonyl (C=O) groups excluding carboxylic acids is 1. The van der Waals surface area contributed by atoms with Gasteiger partial charge in [-0.25, -0.2) is 0 Å². The van der Waals surface area contributed by atoms with Crippen LogP contribution in [0.15, 0.2) is 0 Å². The van der Waals surface area contributed by atoms with Crippen LogP contribution in [-0.4, -0.2) is 23.9 Å². The quantitative estimate of drug-likeness (QED) is 0.618. The third-order valence-corrected chi connectivity index (χ3v) is 3.13. The Morgan fingerprint density at radius 1 is 1.20 bits per heavy atom. The lowest BCUT2D eigenvalue weighted by molar-refractivity contribution is -0.133. The molecule has 1 saturated heterocycles. The molecule has 1 fully saturated rings. The van der Waals surface area contributed by atoms with Crippen LogP contribution >= 0.6 is 0 Å². The average Bonchev–Trinajstić information content (AvgIpc) is 2.20. The van der Waals surface area contributed by atoms with Crippen molar-refractivity contribution < 1.29 is 4.79 Å². The monoisotopic (exact) mass is 211 g/mol. The fourth-order valence-electron chi connectivity index (χ4n) is 2.13. The Morgan fingerprint density at radius 2 is 2.00 bits per heavy atom. The summed E-state index contributed by atoms with van der Waals surface area (Å²) in [7, 11) is 0. The lowest BCUT2D eigenvalue weighted by Gasteiger charge is -2.26. The molecule has 0 saturated carbocycles. The molecule has 0 aliphatic carbocycles. The Hall–Kier alpha value is -0.530. The van der Waals surface area contributed by atoms with Crippen molar-refractivity contribution in [3.05, 3.63) is 0 Å². The molecule has 0 aromatic rings. The number of amides is 1. The van der Waals surface area contributed by atoms with Gasteiger partial charge < -0.3 is 4.90 Å². The second kappa shape index (κ2) is 6.86. The van der Waals surface area contributed by atoms with Crippen molar-refractivity contribution in [1.29, 1.82) is 0 Å². The van der Waals surface area contributed by atoms with Gasteiger partial charge in [0.15, 0.2) is 0 Å². The largest absolute Gasteiger partial charge is 0.343 e. The first-order chi connectivity index (χ1) is 7.20. The van der Waals surface area contributed by atoms with Crippen LogP contribution in [-0.2, 0) is 4.79 Å². The van der Waals surface area contributed by atoms with Gasteiger partial charge in [0.25, 0.3) is 0 Å². The molecular formula is C13H25NO. The maximum atomic E-state index is 11.5. The van der Waals surface area contributed by atoms with Crippen molar-refractivity contribution in [2.75, 3.05) is 13.1 Å². The van der Waals surface area contributed by atoms with Crippen molar-refractivity contribution in [3.8, 4) is 0 Å². The molecule has 0 aromatic heterocycles. The van der Waals surface area contributed by atoms with Crippen LogP contribution in [0, 0.1) is 5.92 Å². The first kappa shape index (κ1) is 12.5. The highest BCUT2D eigenvalue weighted by atomic mass is 16.2. The van der Waals surface area contributed by atoms with Crippen LogP contribution in [0.5, 0.6) is 0 Å². The second-order valence-corrected chi connectivity index (χ2v) is 5.08. The van der Waals surface area contributed by atoms with E-state index in [1.165, 1.54) is 32.1 Å². The molecule has 2 nitrogen and oxygen atoms in total. The molecule has 2 heteroatoms. The number of unbranched alkanes of at least 4 members (excludes halogenated alkanes) is 2. The Morgan fingerprint density at radius 3 is 2.67 bits per heavy atom. The molecule has 0 unspecified atom stereocenters. The standard InChI is InChI=1S/C13H25NO/c1-12(2)8-4-3-6-10-14-11-7-5-9-13(14)15/h12H,3-11H2,1-2H3. The molecule has 0 bridgehead atoms. The summed E-state index contributed by atoms with van der Waals surface area (Å²) in [5.41, 5.74) is 0. The van der Waals surface area contributed by atoms with Gasteiger partial charge in [-0.3, -0.25) is 4.79 Å². The molecular weight excluding hydrogens is 186 g/mol. The number of piperidine rings is 1. The van der Waals surface area contributed by atoms with Crippen molar-refractivity contribution >= 4 is 5.91 Å². The minimum Gasteiger partial charge on any atom is -0.343 e. The van der Waals surface area contributed by atoms with E-state index < -0.39 is 0 Å². The Bertz CT molecular complexity index is 189. The maximum Gasteiger partial charge on any atom is 0.222 e. The average molecular weight is 211 g/mol. The first-order valence-electron chi connectivity index (χ1n) is 6.48. The summed E-state index contributed by atoms with van der Waals surface area (Å²) < 4.78 is 0. The Kier molecular flexibility index (Phi) is 5.74. The van der Waals surface area contributed by atoms with Gasteiger partial charge in [0.05, 0.1) is 0 Å². The summed E-state index contributed by atoms with van der Waals surface area (Å²) in [6.45, 7) is 6.54. The third kappa shape index (κ3) is 5.19. The van der Waals surface area contributed by atoms with E-state index in [9.17, 15) is 4.79 Å². The molecule has 15 heavy (non-hydrogen) atoms. The Labute approximate surface area is 94.0 Å². The highest BCUT2D eigenvalue weighted by Crippen LogP contribution is 2.13. The minimum absolute atomic E-state index is 0.380. The molecule has 0 aromatic carbocycles. The number of rotatable bonds is 6. The van der Waals surface area contributed by atoms with Crippen LogP contribution in [0.2, 0.25) is 0 Å². The minimum atomic E-state index is 0.380. The topological polar surface area (TPSA) is 20.3 Å². The summed E-state index contributed by atoms with van der Waals surface area (Å²) in [5.74, 6) is 1.20. The molecule has 1 aliphatic rings. The Balaban J connectivity index is 2.01. The lowest BCUT2D eigenvalue weighted by atomic mass is 10.0. The molecule has 0 atom stereocenters. The normalized spacial score (nSPS) is 17.5. The van der Waals surface area contributed by atoms with Crippen LogP contribution in [0.25, 0.3) is 0 Å². The predicted octanol–water partition coefficient (Wildman–Crippen LogP) is 3.22. The molecule has 0 spiro atoms. The van der Waals surface area contributed by atoms with Gasteiger partial charge in [0, 0.05) is 19.5 Å². The van der Waals surface area contributed by atoms with Crippen molar-refractivity contribution in [1.82, 2.24) is 4.90 Å². The zero-order valence-corrected chi connectivity index (χ0v) is 10.3. The fourth-order valence-corrected chi connectivity index (χ4v) is 2.13. The van der Waals surface area contributed by atoms with E-state index in [0.717, 1.165) is 31.8 Å². The van der Waals surface area contributed by atoms with Crippen molar-refractivity contribution in [2.24, 2.45) is 5.92 Å². The van der Waals surface area contributed by atoms with Gasteiger partial charge in [0.1, 0.15) is 0 Å². The van der Waals surface area contributed by atoms with Gasteiger partial charge in [0.2, 0.25) is 5.91 Å². The number of carbonyl (C=O) groups is 1. The zero-order chi connectivity index (χ0) is 11.1. The summed E-state index contributed by atoms with van der Waals surface area (Å²) in [5, 5.41) is 0. The summed E-state index contributed by atoms with van der Waals surface area (Å²) in [4.78, 5) is 13.5. The molecule has 0 N–H and O–H groups in total. The zero-order valence-electron chi connectivity index (χ0n) is 10.3. The molecule has 1 aliphatic heterocycles. The van der Waals surface area contributed by atoms with E-state index in [-0.39, 0.29) is 0 Å². The first-order valence-corrected chi connectivity index (χ1v) is 6.48. The second-order valence-electron chi connectivity index (χ2n) is 5.08. The lowest BCUT2D eigenvalue weighted by Crippen LogP contribution is -2.35. The van der Waals surface area contributed by atoms with Crippen LogP contribution in [0.1, 0.15) is 58.8 Å². The molecule has 1 amide bonds. The smallest absolute Gasteiger partial charge is 0.222 e. The molecule has 88 valence electrons. The number of hydrogen-bond acceptors (Lipinski definition) is 1. The van der Waals surface area contributed by atoms with Gasteiger partial charge in [-0.05, 0) is 25.2 Å². The van der Waals surface area contributed by atoms with E-state index >= 15 is 0 Å². The number of hydrogen-bond donors (Lipinski definition) is 0. The third-order valence-electron chi connectivity index (χ3n) is 3.13. The van der Waals surface area contributed by atoms with E-state index in [0.29, 0.717) is 5.91 Å². The van der Waals surface area contributed by atoms with Crippen molar-refractivity contribution in [2.45, 2.75) is 58.8 Å². The maximum absolute atomic E-state index is 11.5. The van der Waals surface area contributed by atoms with E-state index in [2.05, 4.69) is 18.7 Å². The van der Waals surface area contributed by atoms with E-state index in [1.807, 2.05) is 0 Å². The number of likely N-dealkylation sites (tertiary alicyclic amines) is 1. The van der Waals surface area contributed by atoms with Gasteiger partial charge >= 0.3 is 0 Å². The van der Waals surface area contributed by atoms with E-state index in [1.54, 1.807) is 0 Å². The highest BCUT2D eigenvalue weighted by Gasteiger charge is 2.16. The predicted molar refractivity (Wildman–Crippen MR) is 63.7 cm³/mol. The number of nitrogens with zero attached hydrogens (tertiary/aromatic N) is 1. The SMILES string of the molecule is CC(C)CCCCCN1CCCCC1=O. The van der Waals surface area contributed by atoms with Gasteiger partial charge in [-0.15, -0.1) is 0 Å². The van der Waals surface area contributed by atoms with Gasteiger partial charge in [-0.1, -0.05) is 33.1 Å². The highest BCUT2D eigenvalue weighted by molar-refractivity contribution is 5.76. The summed E-state index contributed by atoms with van der Waals surface area (Å²) in [6, 6.07) is 0. The summed E-state index contributed by atoms with van der Waals surface area (Å²) in [6.07, 6.45) is 8.21.